The third-order valence-corrected chi connectivity index (χ3v) is 4.41. The summed E-state index contributed by atoms with van der Waals surface area (Å²) in [6.07, 6.45) is 1.37. The molecular weight excluding hydrogens is 267 g/mol. The van der Waals surface area contributed by atoms with Gasteiger partial charge in [0, 0.05) is 22.3 Å². The fourth-order valence-electron chi connectivity index (χ4n) is 2.32. The Bertz CT molecular complexity index is 679. The molecule has 1 N–H and O–H groups in total. The van der Waals surface area contributed by atoms with E-state index >= 15 is 0 Å². The first-order chi connectivity index (χ1) is 9.13. The maximum atomic E-state index is 13.1. The highest BCUT2D eigenvalue weighted by atomic mass is 32.1. The number of fused-ring (bicyclic) bond motifs is 1. The molecule has 1 saturated heterocycles. The van der Waals surface area contributed by atoms with Crippen molar-refractivity contribution in [2.75, 3.05) is 13.1 Å². The molecular formula is C13H13FN2O2S. The number of hydrogen-bond acceptors (Lipinski definition) is 3. The average Bonchev–Trinajstić information content (AvgIpc) is 2.96. The number of thiophene rings is 1. The minimum atomic E-state index is -0.894. The molecule has 1 aliphatic rings. The van der Waals surface area contributed by atoms with Crippen LogP contribution in [0.2, 0.25) is 0 Å². The van der Waals surface area contributed by atoms with Gasteiger partial charge in [-0.25, -0.2) is 4.39 Å². The average molecular weight is 280 g/mol. The maximum absolute atomic E-state index is 13.1. The molecule has 2 aromatic rings. The summed E-state index contributed by atoms with van der Waals surface area (Å²) in [5.41, 5.74) is -0.141. The Balaban J connectivity index is 1.80. The highest BCUT2D eigenvalue weighted by molar-refractivity contribution is 7.19. The third kappa shape index (κ3) is 2.40. The first-order valence-electron chi connectivity index (χ1n) is 6.15. The van der Waals surface area contributed by atoms with E-state index in [0.717, 1.165) is 9.58 Å². The molecule has 3 rings (SSSR count). The number of likely N-dealkylation sites (tertiary alicyclic amines) is 1. The van der Waals surface area contributed by atoms with Crippen molar-refractivity contribution in [2.24, 2.45) is 0 Å². The first kappa shape index (κ1) is 12.3. The molecule has 1 aliphatic heterocycles. The Morgan fingerprint density at radius 3 is 3.11 bits per heavy atom. The number of aromatic nitrogens is 1. The summed E-state index contributed by atoms with van der Waals surface area (Å²) >= 11 is 1.44. The van der Waals surface area contributed by atoms with Crippen LogP contribution in [0.1, 0.15) is 11.3 Å². The van der Waals surface area contributed by atoms with Crippen molar-refractivity contribution in [1.82, 2.24) is 9.88 Å². The summed E-state index contributed by atoms with van der Waals surface area (Å²) in [4.78, 5) is 28.6. The lowest BCUT2D eigenvalue weighted by molar-refractivity contribution is -0.129. The van der Waals surface area contributed by atoms with Crippen molar-refractivity contribution in [3.05, 3.63) is 33.6 Å². The van der Waals surface area contributed by atoms with Gasteiger partial charge < -0.3 is 9.88 Å². The molecule has 1 amide bonds. The van der Waals surface area contributed by atoms with Crippen LogP contribution >= 0.6 is 11.3 Å². The number of amides is 1. The second-order valence-corrected chi connectivity index (χ2v) is 5.87. The maximum Gasteiger partial charge on any atom is 0.256 e. The van der Waals surface area contributed by atoms with Gasteiger partial charge in [-0.3, -0.25) is 9.59 Å². The van der Waals surface area contributed by atoms with E-state index in [0.29, 0.717) is 18.4 Å². The summed E-state index contributed by atoms with van der Waals surface area (Å²) in [6, 6.07) is 3.57. The van der Waals surface area contributed by atoms with Crippen LogP contribution in [-0.4, -0.2) is 35.1 Å². The van der Waals surface area contributed by atoms with E-state index < -0.39 is 6.17 Å². The number of pyridine rings is 1. The molecule has 6 heteroatoms. The summed E-state index contributed by atoms with van der Waals surface area (Å²) in [6.45, 7) is 0.690. The molecule has 0 aromatic carbocycles. The number of carbonyl (C=O) groups excluding carboxylic acids is 1. The van der Waals surface area contributed by atoms with E-state index in [4.69, 9.17) is 0 Å². The molecule has 0 bridgehead atoms. The number of aromatic amines is 1. The fourth-order valence-corrected chi connectivity index (χ4v) is 3.37. The highest BCUT2D eigenvalue weighted by Crippen LogP contribution is 2.24. The first-order valence-corrected chi connectivity index (χ1v) is 6.97. The molecule has 4 nitrogen and oxygen atoms in total. The molecule has 1 fully saturated rings. The minimum Gasteiger partial charge on any atom is -0.339 e. The zero-order valence-electron chi connectivity index (χ0n) is 10.2. The lowest BCUT2D eigenvalue weighted by atomic mass is 10.2. The third-order valence-electron chi connectivity index (χ3n) is 3.31. The van der Waals surface area contributed by atoms with Gasteiger partial charge >= 0.3 is 0 Å². The Morgan fingerprint density at radius 2 is 2.42 bits per heavy atom. The number of carbonyl (C=O) groups is 1. The number of halogens is 1. The Labute approximate surface area is 112 Å². The number of nitrogens with zero attached hydrogens (tertiary/aromatic N) is 1. The highest BCUT2D eigenvalue weighted by Gasteiger charge is 2.26. The zero-order chi connectivity index (χ0) is 13.4. The topological polar surface area (TPSA) is 53.2 Å². The van der Waals surface area contributed by atoms with Gasteiger partial charge in [0.25, 0.3) is 5.56 Å². The summed E-state index contributed by atoms with van der Waals surface area (Å²) < 4.78 is 13.9. The molecule has 1 unspecified atom stereocenters. The van der Waals surface area contributed by atoms with Crippen molar-refractivity contribution in [1.29, 1.82) is 0 Å². The van der Waals surface area contributed by atoms with Gasteiger partial charge in [-0.2, -0.15) is 0 Å². The number of hydrogen-bond donors (Lipinski definition) is 1. The Morgan fingerprint density at radius 1 is 1.58 bits per heavy atom. The van der Waals surface area contributed by atoms with Gasteiger partial charge in [0.2, 0.25) is 5.91 Å². The number of nitrogens with one attached hydrogen (secondary N) is 1. The second-order valence-electron chi connectivity index (χ2n) is 4.70. The zero-order valence-corrected chi connectivity index (χ0v) is 11.0. The minimum absolute atomic E-state index is 0.0665. The van der Waals surface area contributed by atoms with Crippen LogP contribution in [-0.2, 0) is 11.2 Å². The van der Waals surface area contributed by atoms with Crippen molar-refractivity contribution < 1.29 is 9.18 Å². The SMILES string of the molecule is O=C(Cc1cc2c(=O)[nH]ccc2s1)N1CCC(F)C1. The van der Waals surface area contributed by atoms with E-state index in [1.807, 2.05) is 6.07 Å². The molecule has 19 heavy (non-hydrogen) atoms. The number of H-pyrrole nitrogens is 1. The molecule has 0 radical (unpaired) electrons. The molecule has 2 aromatic heterocycles. The van der Waals surface area contributed by atoms with Crippen molar-refractivity contribution >= 4 is 27.3 Å². The predicted octanol–water partition coefficient (Wildman–Crippen LogP) is 1.70. The molecule has 3 heterocycles. The summed E-state index contributed by atoms with van der Waals surface area (Å²) in [5, 5.41) is 0.611. The monoisotopic (exact) mass is 280 g/mol. The van der Waals surface area contributed by atoms with Crippen molar-refractivity contribution in [2.45, 2.75) is 19.0 Å². The lowest BCUT2D eigenvalue weighted by Crippen LogP contribution is -2.30. The Kier molecular flexibility index (Phi) is 3.10. The van der Waals surface area contributed by atoms with E-state index in [9.17, 15) is 14.0 Å². The van der Waals surface area contributed by atoms with E-state index in [-0.39, 0.29) is 24.4 Å². The summed E-state index contributed by atoms with van der Waals surface area (Å²) in [7, 11) is 0. The van der Waals surface area contributed by atoms with Crippen LogP contribution in [0.15, 0.2) is 23.1 Å². The van der Waals surface area contributed by atoms with E-state index in [1.165, 1.54) is 11.3 Å². The second kappa shape index (κ2) is 4.77. The quantitative estimate of drug-likeness (QED) is 0.910. The van der Waals surface area contributed by atoms with Gasteiger partial charge in [0.15, 0.2) is 0 Å². The van der Waals surface area contributed by atoms with Crippen molar-refractivity contribution in [3.8, 4) is 0 Å². The Hall–Kier alpha value is -1.69. The molecule has 100 valence electrons. The van der Waals surface area contributed by atoms with Crippen LogP contribution in [0, 0.1) is 0 Å². The smallest absolute Gasteiger partial charge is 0.256 e. The van der Waals surface area contributed by atoms with Gasteiger partial charge in [-0.1, -0.05) is 0 Å². The fraction of sp³-hybridized carbons (Fsp3) is 0.385. The van der Waals surface area contributed by atoms with E-state index in [1.54, 1.807) is 17.2 Å². The summed E-state index contributed by atoms with van der Waals surface area (Å²) in [5.74, 6) is -0.0665. The predicted molar refractivity (Wildman–Crippen MR) is 72.2 cm³/mol. The van der Waals surface area contributed by atoms with Gasteiger partial charge in [0.1, 0.15) is 6.17 Å². The molecule has 0 aliphatic carbocycles. The van der Waals surface area contributed by atoms with Crippen LogP contribution in [0.4, 0.5) is 4.39 Å². The van der Waals surface area contributed by atoms with Crippen LogP contribution in [0.3, 0.4) is 0 Å². The van der Waals surface area contributed by atoms with Crippen LogP contribution in [0.5, 0.6) is 0 Å². The van der Waals surface area contributed by atoms with Crippen LogP contribution in [0.25, 0.3) is 10.1 Å². The lowest BCUT2D eigenvalue weighted by Gasteiger charge is -2.14. The normalized spacial score (nSPS) is 19.2. The van der Waals surface area contributed by atoms with Crippen molar-refractivity contribution in [3.63, 3.8) is 0 Å². The molecule has 0 saturated carbocycles. The van der Waals surface area contributed by atoms with Gasteiger partial charge in [-0.05, 0) is 18.6 Å². The standard InChI is InChI=1S/C13H13FN2O2S/c14-8-2-4-16(7-8)12(17)6-9-5-10-11(19-9)1-3-15-13(10)18/h1,3,5,8H,2,4,6-7H2,(H,15,18). The van der Waals surface area contributed by atoms with Gasteiger partial charge in [-0.15, -0.1) is 11.3 Å². The number of alkyl halides is 1. The molecule has 1 atom stereocenters. The van der Waals surface area contributed by atoms with Crippen LogP contribution < -0.4 is 5.56 Å². The van der Waals surface area contributed by atoms with E-state index in [2.05, 4.69) is 4.98 Å². The van der Waals surface area contributed by atoms with Gasteiger partial charge in [0.05, 0.1) is 18.4 Å². The molecule has 0 spiro atoms. The largest absolute Gasteiger partial charge is 0.339 e. The number of rotatable bonds is 2.